The Morgan fingerprint density at radius 3 is 2.46 bits per heavy atom. The summed E-state index contributed by atoms with van der Waals surface area (Å²) < 4.78 is 0. The normalized spacial score (nSPS) is 9.69. The van der Waals surface area contributed by atoms with Gasteiger partial charge in [-0.25, -0.2) is 4.79 Å². The molecule has 1 radical (unpaired) electrons. The van der Waals surface area contributed by atoms with Gasteiger partial charge in [-0.3, -0.25) is 0 Å². The summed E-state index contributed by atoms with van der Waals surface area (Å²) in [7, 11) is 0. The minimum atomic E-state index is -0.976. The number of rotatable bonds is 2. The fourth-order valence-electron chi connectivity index (χ4n) is 1.11. The summed E-state index contributed by atoms with van der Waals surface area (Å²) in [5, 5.41) is 8.73. The molecule has 0 aliphatic carbocycles. The second-order valence-corrected chi connectivity index (χ2v) is 3.30. The van der Waals surface area contributed by atoms with Crippen molar-refractivity contribution < 1.29 is 9.90 Å². The summed E-state index contributed by atoms with van der Waals surface area (Å²) in [6, 6.07) is 4.66. The van der Waals surface area contributed by atoms with Crippen LogP contribution in [0.1, 0.15) is 10.4 Å². The molecule has 0 fully saturated rings. The van der Waals surface area contributed by atoms with Gasteiger partial charge in [-0.15, -0.1) is 0 Å². The van der Waals surface area contributed by atoms with E-state index in [-0.39, 0.29) is 18.0 Å². The van der Waals surface area contributed by atoms with Crippen LogP contribution in [0, 0.1) is 0 Å². The highest BCUT2D eigenvalue weighted by atomic mass is 16.4. The lowest BCUT2D eigenvalue weighted by Crippen LogP contribution is -2.23. The first kappa shape index (κ1) is 9.64. The van der Waals surface area contributed by atoms with Crippen molar-refractivity contribution in [3.63, 3.8) is 0 Å². The van der Waals surface area contributed by atoms with Crippen molar-refractivity contribution in [1.82, 2.24) is 5.73 Å². The first-order valence-electron chi connectivity index (χ1n) is 4.10. The van der Waals surface area contributed by atoms with Gasteiger partial charge >= 0.3 is 5.97 Å². The zero-order valence-corrected chi connectivity index (χ0v) is 7.66. The fourth-order valence-corrected chi connectivity index (χ4v) is 1.11. The van der Waals surface area contributed by atoms with Crippen LogP contribution in [0.4, 0.5) is 5.69 Å². The topological polar surface area (TPSA) is 61.1 Å². The summed E-state index contributed by atoms with van der Waals surface area (Å²) in [6.07, 6.45) is 0. The molecule has 1 aromatic rings. The van der Waals surface area contributed by atoms with Crippen LogP contribution in [0.3, 0.4) is 0 Å². The van der Waals surface area contributed by atoms with E-state index in [4.69, 9.17) is 10.8 Å². The van der Waals surface area contributed by atoms with E-state index in [9.17, 15) is 4.79 Å². The van der Waals surface area contributed by atoms with E-state index < -0.39 is 5.97 Å². The van der Waals surface area contributed by atoms with Gasteiger partial charge in [0, 0.05) is 0 Å². The van der Waals surface area contributed by atoms with Crippen molar-refractivity contribution in [2.45, 2.75) is 13.6 Å². The molecule has 0 heterocycles. The van der Waals surface area contributed by atoms with E-state index in [1.54, 1.807) is 12.1 Å². The Hall–Kier alpha value is -1.45. The summed E-state index contributed by atoms with van der Waals surface area (Å²) in [5.74, 6) is -0.976. The van der Waals surface area contributed by atoms with Crippen LogP contribution in [-0.2, 0) is 0 Å². The molecule has 0 atom stereocenters. The molecular formula is C9H11BNO2. The van der Waals surface area contributed by atoms with Crippen molar-refractivity contribution in [1.29, 1.82) is 0 Å². The lowest BCUT2D eigenvalue weighted by atomic mass is 9.49. The van der Waals surface area contributed by atoms with E-state index in [0.717, 1.165) is 5.46 Å². The summed E-state index contributed by atoms with van der Waals surface area (Å²) in [6.45, 7) is 4.20. The third kappa shape index (κ3) is 2.24. The average Bonchev–Trinajstić information content (AvgIpc) is 2.03. The molecule has 0 saturated carbocycles. The molecule has 0 saturated heterocycles. The van der Waals surface area contributed by atoms with Gasteiger partial charge in [-0.2, -0.15) is 0 Å². The van der Waals surface area contributed by atoms with Crippen molar-refractivity contribution in [2.24, 2.45) is 0 Å². The number of aromatic carboxylic acids is 1. The third-order valence-corrected chi connectivity index (χ3v) is 1.87. The van der Waals surface area contributed by atoms with Crippen molar-refractivity contribution in [3.8, 4) is 0 Å². The lowest BCUT2D eigenvalue weighted by molar-refractivity contribution is 0.0697. The maximum Gasteiger partial charge on any atom is 0.335 e. The Labute approximate surface area is 77.6 Å². The Bertz CT molecular complexity index is 336. The van der Waals surface area contributed by atoms with Crippen LogP contribution >= 0.6 is 0 Å². The molecule has 13 heavy (non-hydrogen) atoms. The van der Waals surface area contributed by atoms with E-state index in [0.29, 0.717) is 0 Å². The predicted molar refractivity (Wildman–Crippen MR) is 53.3 cm³/mol. The fraction of sp³-hybridized carbons (Fsp3) is 0.222. The second-order valence-electron chi connectivity index (χ2n) is 3.30. The summed E-state index contributed by atoms with van der Waals surface area (Å²) in [4.78, 5) is 10.6. The largest absolute Gasteiger partial charge is 0.478 e. The highest BCUT2D eigenvalue weighted by molar-refractivity contribution is 6.70. The van der Waals surface area contributed by atoms with Crippen LogP contribution in [0.2, 0.25) is 13.6 Å². The molecule has 67 valence electrons. The Morgan fingerprint density at radius 1 is 1.38 bits per heavy atom. The molecule has 0 aromatic heterocycles. The van der Waals surface area contributed by atoms with Crippen LogP contribution in [-0.4, -0.2) is 17.8 Å². The van der Waals surface area contributed by atoms with E-state index in [1.165, 1.54) is 6.07 Å². The first-order valence-corrected chi connectivity index (χ1v) is 4.10. The molecule has 0 amide bonds. The van der Waals surface area contributed by atoms with Gasteiger partial charge in [0.2, 0.25) is 0 Å². The Morgan fingerprint density at radius 2 is 2.00 bits per heavy atom. The highest BCUT2D eigenvalue weighted by Gasteiger charge is 2.09. The van der Waals surface area contributed by atoms with Gasteiger partial charge in [0.25, 0.3) is 0 Å². The standard InChI is InChI=1S/C9H11BNO2/c1-10(2)7-3-6(9(12)13)4-8(11)5-7/h3-5,11H,1-2H3,(H,12,13). The molecule has 0 aliphatic rings. The van der Waals surface area contributed by atoms with Crippen LogP contribution < -0.4 is 11.2 Å². The Kier molecular flexibility index (Phi) is 2.61. The molecule has 0 aliphatic heterocycles. The smallest absolute Gasteiger partial charge is 0.335 e. The van der Waals surface area contributed by atoms with E-state index >= 15 is 0 Å². The van der Waals surface area contributed by atoms with Gasteiger partial charge in [-0.05, 0) is 12.1 Å². The van der Waals surface area contributed by atoms with Crippen molar-refractivity contribution >= 4 is 23.8 Å². The Balaban J connectivity index is 3.19. The van der Waals surface area contributed by atoms with Crippen LogP contribution in [0.25, 0.3) is 0 Å². The van der Waals surface area contributed by atoms with Crippen LogP contribution in [0.5, 0.6) is 0 Å². The number of carboxylic acids is 1. The molecule has 1 rings (SSSR count). The predicted octanol–water partition coefficient (Wildman–Crippen LogP) is 1.26. The first-order chi connectivity index (χ1) is 6.00. The molecule has 2 N–H and O–H groups in total. The van der Waals surface area contributed by atoms with Gasteiger partial charge in [0.15, 0.2) is 6.71 Å². The van der Waals surface area contributed by atoms with Crippen molar-refractivity contribution in [2.75, 3.05) is 0 Å². The van der Waals surface area contributed by atoms with Crippen LogP contribution in [0.15, 0.2) is 18.2 Å². The maximum atomic E-state index is 10.6. The molecule has 1 aromatic carbocycles. The third-order valence-electron chi connectivity index (χ3n) is 1.87. The molecule has 0 spiro atoms. The zero-order chi connectivity index (χ0) is 10.0. The second kappa shape index (κ2) is 3.52. The van der Waals surface area contributed by atoms with Gasteiger partial charge in [0.05, 0.1) is 11.3 Å². The molecule has 0 unspecified atom stereocenters. The van der Waals surface area contributed by atoms with Gasteiger partial charge in [0.1, 0.15) is 0 Å². The summed E-state index contributed by atoms with van der Waals surface area (Å²) in [5.41, 5.74) is 8.74. The van der Waals surface area contributed by atoms with E-state index in [2.05, 4.69) is 0 Å². The number of nitrogens with one attached hydrogen (secondary N) is 1. The monoisotopic (exact) mass is 176 g/mol. The number of hydrogen-bond donors (Lipinski definition) is 1. The van der Waals surface area contributed by atoms with E-state index in [1.807, 2.05) is 13.6 Å². The number of carboxylic acid groups (broad SMARTS) is 1. The maximum absolute atomic E-state index is 10.6. The average molecular weight is 176 g/mol. The quantitative estimate of drug-likeness (QED) is 0.689. The van der Waals surface area contributed by atoms with Gasteiger partial charge in [-0.1, -0.05) is 25.2 Å². The number of carbonyl (C=O) groups is 1. The SMILES string of the molecule is CB(C)c1cc([NH])cc(C(=O)O)c1. The lowest BCUT2D eigenvalue weighted by Gasteiger charge is -2.04. The molecular weight excluding hydrogens is 165 g/mol. The zero-order valence-electron chi connectivity index (χ0n) is 7.66. The minimum absolute atomic E-state index is 0.191. The van der Waals surface area contributed by atoms with Crippen molar-refractivity contribution in [3.05, 3.63) is 23.8 Å². The minimum Gasteiger partial charge on any atom is -0.478 e. The van der Waals surface area contributed by atoms with Gasteiger partial charge < -0.3 is 10.8 Å². The highest BCUT2D eigenvalue weighted by Crippen LogP contribution is 2.07. The molecule has 3 nitrogen and oxygen atoms in total. The summed E-state index contributed by atoms with van der Waals surface area (Å²) >= 11 is 0. The number of hydrogen-bond acceptors (Lipinski definition) is 1. The molecule has 4 heteroatoms. The number of benzene rings is 1. The molecule has 0 bridgehead atoms.